The molecule has 0 saturated carbocycles. The van der Waals surface area contributed by atoms with Gasteiger partial charge in [-0.2, -0.15) is 0 Å². The van der Waals surface area contributed by atoms with Gasteiger partial charge in [-0.15, -0.1) is 0 Å². The summed E-state index contributed by atoms with van der Waals surface area (Å²) in [5.41, 5.74) is 6.36. The van der Waals surface area contributed by atoms with E-state index in [2.05, 4.69) is 10.7 Å². The monoisotopic (exact) mass is 409 g/mol. The number of aromatic nitrogens is 1. The first-order valence-corrected chi connectivity index (χ1v) is 10.2. The zero-order valence-corrected chi connectivity index (χ0v) is 17.3. The van der Waals surface area contributed by atoms with Crippen molar-refractivity contribution in [1.82, 2.24) is 4.68 Å². The molecule has 0 aliphatic carbocycles. The largest absolute Gasteiger partial charge is 0.497 e. The van der Waals surface area contributed by atoms with Crippen LogP contribution in [-0.4, -0.2) is 30.1 Å². The molecule has 6 nitrogen and oxygen atoms in total. The Morgan fingerprint density at radius 2 is 1.59 bits per heavy atom. The molecule has 4 rings (SSSR count). The molecular weight excluding hydrogens is 386 g/mol. The number of hydrogen-bond acceptors (Lipinski definition) is 5. The molecule has 29 heavy (non-hydrogen) atoms. The van der Waals surface area contributed by atoms with E-state index in [1.54, 1.807) is 26.0 Å². The number of rotatable bonds is 5. The van der Waals surface area contributed by atoms with Crippen molar-refractivity contribution in [3.8, 4) is 11.5 Å². The average Bonchev–Trinajstić information content (AvgIpc) is 3.13. The number of amides is 1. The van der Waals surface area contributed by atoms with Gasteiger partial charge in [0.15, 0.2) is 0 Å². The Hall–Kier alpha value is -3.06. The van der Waals surface area contributed by atoms with Crippen molar-refractivity contribution in [2.75, 3.05) is 25.0 Å². The topological polar surface area (TPSA) is 64.5 Å². The van der Waals surface area contributed by atoms with Crippen LogP contribution in [0, 0.1) is 6.92 Å². The fraction of sp³-hybridized carbons (Fsp3) is 0.227. The lowest BCUT2D eigenvalue weighted by Crippen LogP contribution is -2.41. The molecule has 1 aliphatic rings. The Labute approximate surface area is 174 Å². The fourth-order valence-electron chi connectivity index (χ4n) is 3.33. The third-order valence-corrected chi connectivity index (χ3v) is 6.25. The van der Waals surface area contributed by atoms with Gasteiger partial charge in [-0.25, -0.2) is 0 Å². The second-order valence-electron chi connectivity index (χ2n) is 6.78. The highest BCUT2D eigenvalue weighted by molar-refractivity contribution is 8.00. The summed E-state index contributed by atoms with van der Waals surface area (Å²) in [6.07, 6.45) is 0. The van der Waals surface area contributed by atoms with Gasteiger partial charge in [-0.05, 0) is 61.0 Å². The zero-order chi connectivity index (χ0) is 20.4. The molecule has 1 amide bonds. The van der Waals surface area contributed by atoms with Crippen molar-refractivity contribution in [2.45, 2.75) is 23.2 Å². The fourth-order valence-corrected chi connectivity index (χ4v) is 4.56. The summed E-state index contributed by atoms with van der Waals surface area (Å²) >= 11 is 1.56. The Kier molecular flexibility index (Phi) is 5.40. The van der Waals surface area contributed by atoms with Crippen LogP contribution in [0.15, 0.2) is 65.7 Å². The van der Waals surface area contributed by atoms with E-state index in [1.165, 1.54) is 0 Å². The minimum absolute atomic E-state index is 0.0569. The van der Waals surface area contributed by atoms with Gasteiger partial charge in [0.2, 0.25) is 5.91 Å². The van der Waals surface area contributed by atoms with Gasteiger partial charge in [0.25, 0.3) is 0 Å². The first kappa shape index (κ1) is 19.3. The van der Waals surface area contributed by atoms with Crippen LogP contribution >= 0.6 is 11.8 Å². The lowest BCUT2D eigenvalue weighted by atomic mass is 10.0. The van der Waals surface area contributed by atoms with Crippen LogP contribution in [0.2, 0.25) is 0 Å². The molecule has 0 spiro atoms. The highest BCUT2D eigenvalue weighted by Gasteiger charge is 2.36. The van der Waals surface area contributed by atoms with Crippen LogP contribution in [0.4, 0.5) is 5.69 Å². The van der Waals surface area contributed by atoms with Crippen molar-refractivity contribution in [3.63, 3.8) is 0 Å². The summed E-state index contributed by atoms with van der Waals surface area (Å²) in [6.45, 7) is 2.04. The Balaban J connectivity index is 1.62. The summed E-state index contributed by atoms with van der Waals surface area (Å²) in [6, 6.07) is 19.0. The van der Waals surface area contributed by atoms with Crippen LogP contribution in [0.5, 0.6) is 11.5 Å². The number of aryl methyl sites for hydroxylation is 1. The second-order valence-corrected chi connectivity index (χ2v) is 7.95. The number of anilines is 1. The summed E-state index contributed by atoms with van der Waals surface area (Å²) in [4.78, 5) is 13.2. The van der Waals surface area contributed by atoms with Crippen LogP contribution in [0.3, 0.4) is 0 Å². The van der Waals surface area contributed by atoms with Crippen molar-refractivity contribution in [2.24, 2.45) is 0 Å². The highest BCUT2D eigenvalue weighted by Crippen LogP contribution is 2.39. The Morgan fingerprint density at radius 3 is 2.21 bits per heavy atom. The third-order valence-electron chi connectivity index (χ3n) is 4.95. The number of carbonyl (C=O) groups excluding carboxylic acids is 1. The number of nitrogens with zero attached hydrogens (tertiary/aromatic N) is 1. The quantitative estimate of drug-likeness (QED) is 0.661. The number of carbonyl (C=O) groups is 1. The molecule has 3 aromatic rings. The van der Waals surface area contributed by atoms with Crippen molar-refractivity contribution in [1.29, 1.82) is 0 Å². The van der Waals surface area contributed by atoms with Crippen LogP contribution < -0.4 is 20.2 Å². The molecule has 2 atom stereocenters. The lowest BCUT2D eigenvalue weighted by molar-refractivity contribution is -0.116. The molecule has 7 heteroatoms. The number of fused-ring (bicyclic) bond motifs is 1. The minimum Gasteiger partial charge on any atom is -0.497 e. The molecule has 1 aliphatic heterocycles. The number of benzene rings is 2. The van der Waals surface area contributed by atoms with Crippen molar-refractivity contribution >= 4 is 23.4 Å². The first-order chi connectivity index (χ1) is 14.1. The van der Waals surface area contributed by atoms with Crippen molar-refractivity contribution < 1.29 is 14.3 Å². The van der Waals surface area contributed by atoms with Gasteiger partial charge in [0, 0.05) is 11.4 Å². The van der Waals surface area contributed by atoms with Gasteiger partial charge in [-0.1, -0.05) is 23.9 Å². The Morgan fingerprint density at radius 1 is 0.966 bits per heavy atom. The van der Waals surface area contributed by atoms with E-state index < -0.39 is 0 Å². The van der Waals surface area contributed by atoms with E-state index in [0.29, 0.717) is 0 Å². The van der Waals surface area contributed by atoms with E-state index in [9.17, 15) is 4.79 Å². The maximum absolute atomic E-state index is 13.2. The van der Waals surface area contributed by atoms with Gasteiger partial charge in [0.05, 0.1) is 25.3 Å². The minimum atomic E-state index is -0.340. The predicted molar refractivity (Wildman–Crippen MR) is 116 cm³/mol. The molecule has 2 aromatic carbocycles. The Bertz CT molecular complexity index is 999. The standard InChI is InChI=1S/C22H23N3O3S/c1-14-4-13-19-25(14)24-20(15-5-9-17(27-2)10-6-15)21(29-19)22(26)23-16-7-11-18(28-3)12-8-16/h4-13,20-21,24H,1-3H3,(H,23,26)/t20-,21+/m0/s1. The van der Waals surface area contributed by atoms with Gasteiger partial charge in [-0.3, -0.25) is 9.47 Å². The summed E-state index contributed by atoms with van der Waals surface area (Å²) < 4.78 is 12.5. The average molecular weight is 410 g/mol. The highest BCUT2D eigenvalue weighted by atomic mass is 32.2. The van der Waals surface area contributed by atoms with E-state index >= 15 is 0 Å². The third kappa shape index (κ3) is 3.91. The second kappa shape index (κ2) is 8.13. The number of methoxy groups -OCH3 is 2. The van der Waals surface area contributed by atoms with E-state index in [4.69, 9.17) is 9.47 Å². The maximum Gasteiger partial charge on any atom is 0.240 e. The first-order valence-electron chi connectivity index (χ1n) is 9.29. The van der Waals surface area contributed by atoms with Gasteiger partial charge < -0.3 is 20.2 Å². The normalized spacial score (nSPS) is 17.8. The molecule has 2 N–H and O–H groups in total. The zero-order valence-electron chi connectivity index (χ0n) is 16.5. The SMILES string of the molecule is COc1ccc(NC(=O)[C@@H]2Sc3ccc(C)n3N[C@H]2c2ccc(OC)cc2)cc1. The molecule has 0 bridgehead atoms. The molecule has 2 heterocycles. The van der Waals surface area contributed by atoms with Crippen LogP contribution in [-0.2, 0) is 4.79 Å². The molecule has 1 aromatic heterocycles. The van der Waals surface area contributed by atoms with E-state index in [-0.39, 0.29) is 17.2 Å². The summed E-state index contributed by atoms with van der Waals surface area (Å²) in [5, 5.41) is 3.71. The van der Waals surface area contributed by atoms with Crippen LogP contribution in [0.1, 0.15) is 17.3 Å². The molecule has 0 radical (unpaired) electrons. The molecule has 0 unspecified atom stereocenters. The van der Waals surface area contributed by atoms with E-state index in [0.717, 1.165) is 33.5 Å². The lowest BCUT2D eigenvalue weighted by Gasteiger charge is -2.34. The molecule has 0 fully saturated rings. The van der Waals surface area contributed by atoms with Crippen LogP contribution in [0.25, 0.3) is 0 Å². The van der Waals surface area contributed by atoms with E-state index in [1.807, 2.05) is 72.3 Å². The predicted octanol–water partition coefficient (Wildman–Crippen LogP) is 4.21. The molecule has 0 saturated heterocycles. The molecule has 150 valence electrons. The number of ether oxygens (including phenoxy) is 2. The maximum atomic E-state index is 13.2. The number of nitrogens with one attached hydrogen (secondary N) is 2. The molecular formula is C22H23N3O3S. The smallest absolute Gasteiger partial charge is 0.240 e. The number of thioether (sulfide) groups is 1. The van der Waals surface area contributed by atoms with Gasteiger partial charge in [0.1, 0.15) is 16.7 Å². The summed E-state index contributed by atoms with van der Waals surface area (Å²) in [7, 11) is 3.26. The number of hydrogen-bond donors (Lipinski definition) is 2. The van der Waals surface area contributed by atoms with Crippen molar-refractivity contribution in [3.05, 3.63) is 71.9 Å². The summed E-state index contributed by atoms with van der Waals surface area (Å²) in [5.74, 6) is 1.48. The van der Waals surface area contributed by atoms with Gasteiger partial charge >= 0.3 is 0 Å².